The lowest BCUT2D eigenvalue weighted by molar-refractivity contribution is -0.00751. The first kappa shape index (κ1) is 21.1. The van der Waals surface area contributed by atoms with Crippen molar-refractivity contribution in [3.05, 3.63) is 0 Å². The standard InChI is InChI=1S/C14H31NO5S/c1-3-14(21)15-4-5-17-8-9-19-12-13-20-11-10-18-7-6-16-2/h14-15,21H,3-13H2,1-2H3. The molecule has 1 unspecified atom stereocenters. The Hall–Kier alpha value is 0.110. The van der Waals surface area contributed by atoms with Gasteiger partial charge in [0, 0.05) is 13.7 Å². The molecule has 6 nitrogen and oxygen atoms in total. The van der Waals surface area contributed by atoms with Gasteiger partial charge >= 0.3 is 0 Å². The summed E-state index contributed by atoms with van der Waals surface area (Å²) in [7, 11) is 1.65. The van der Waals surface area contributed by atoms with Gasteiger partial charge in [0.2, 0.25) is 0 Å². The molecule has 0 saturated carbocycles. The summed E-state index contributed by atoms with van der Waals surface area (Å²) in [5, 5.41) is 3.48. The second kappa shape index (κ2) is 18.2. The second-order valence-corrected chi connectivity index (χ2v) is 4.94. The highest BCUT2D eigenvalue weighted by Crippen LogP contribution is 1.93. The number of ether oxygens (including phenoxy) is 5. The summed E-state index contributed by atoms with van der Waals surface area (Å²) in [4.78, 5) is 0. The number of hydrogen-bond acceptors (Lipinski definition) is 7. The van der Waals surface area contributed by atoms with Crippen molar-refractivity contribution in [3.63, 3.8) is 0 Å². The molecule has 0 amide bonds. The Kier molecular flexibility index (Phi) is 18.3. The SMILES string of the molecule is CCC(S)NCCOCCOCCOCCOCCOC. The molecule has 21 heavy (non-hydrogen) atoms. The Morgan fingerprint density at radius 2 is 1.19 bits per heavy atom. The first-order valence-electron chi connectivity index (χ1n) is 7.52. The van der Waals surface area contributed by atoms with Crippen molar-refractivity contribution < 1.29 is 23.7 Å². The van der Waals surface area contributed by atoms with Crippen LogP contribution in [0.1, 0.15) is 13.3 Å². The van der Waals surface area contributed by atoms with E-state index in [0.29, 0.717) is 59.5 Å². The van der Waals surface area contributed by atoms with Gasteiger partial charge < -0.3 is 29.0 Å². The highest BCUT2D eigenvalue weighted by atomic mass is 32.1. The van der Waals surface area contributed by atoms with E-state index in [1.807, 2.05) is 0 Å². The maximum absolute atomic E-state index is 5.42. The van der Waals surface area contributed by atoms with Gasteiger partial charge in [-0.05, 0) is 6.42 Å². The summed E-state index contributed by atoms with van der Waals surface area (Å²) in [6, 6.07) is 0. The molecule has 0 spiro atoms. The van der Waals surface area contributed by atoms with E-state index < -0.39 is 0 Å². The van der Waals surface area contributed by atoms with Gasteiger partial charge in [0.15, 0.2) is 0 Å². The van der Waals surface area contributed by atoms with Crippen LogP contribution < -0.4 is 5.32 Å². The van der Waals surface area contributed by atoms with Gasteiger partial charge in [0.05, 0.1) is 64.8 Å². The van der Waals surface area contributed by atoms with E-state index in [4.69, 9.17) is 23.7 Å². The zero-order valence-corrected chi connectivity index (χ0v) is 14.2. The molecule has 1 atom stereocenters. The van der Waals surface area contributed by atoms with E-state index >= 15 is 0 Å². The van der Waals surface area contributed by atoms with Gasteiger partial charge in [-0.25, -0.2) is 0 Å². The highest BCUT2D eigenvalue weighted by molar-refractivity contribution is 7.80. The normalized spacial score (nSPS) is 12.7. The van der Waals surface area contributed by atoms with Crippen molar-refractivity contribution in [3.8, 4) is 0 Å². The number of nitrogens with one attached hydrogen (secondary N) is 1. The lowest BCUT2D eigenvalue weighted by atomic mass is 10.4. The van der Waals surface area contributed by atoms with Crippen molar-refractivity contribution in [1.29, 1.82) is 0 Å². The molecule has 0 bridgehead atoms. The zero-order chi connectivity index (χ0) is 15.6. The van der Waals surface area contributed by atoms with Crippen LogP contribution in [0.2, 0.25) is 0 Å². The molecule has 0 aliphatic heterocycles. The van der Waals surface area contributed by atoms with Crippen LogP contribution >= 0.6 is 12.6 Å². The van der Waals surface area contributed by atoms with Gasteiger partial charge in [-0.2, -0.15) is 12.6 Å². The summed E-state index contributed by atoms with van der Waals surface area (Å²) in [6.07, 6.45) is 1.00. The van der Waals surface area contributed by atoms with E-state index in [1.54, 1.807) is 7.11 Å². The Morgan fingerprint density at radius 3 is 1.62 bits per heavy atom. The van der Waals surface area contributed by atoms with Crippen LogP contribution in [-0.2, 0) is 23.7 Å². The molecule has 0 saturated heterocycles. The maximum Gasteiger partial charge on any atom is 0.0701 e. The van der Waals surface area contributed by atoms with Gasteiger partial charge in [-0.3, -0.25) is 0 Å². The molecular weight excluding hydrogens is 294 g/mol. The van der Waals surface area contributed by atoms with Crippen molar-refractivity contribution in [2.75, 3.05) is 73.1 Å². The fourth-order valence-electron chi connectivity index (χ4n) is 1.35. The Bertz CT molecular complexity index is 200. The smallest absolute Gasteiger partial charge is 0.0701 e. The molecule has 0 aromatic heterocycles. The first-order chi connectivity index (χ1) is 10.3. The minimum Gasteiger partial charge on any atom is -0.382 e. The van der Waals surface area contributed by atoms with Crippen LogP contribution in [0.15, 0.2) is 0 Å². The van der Waals surface area contributed by atoms with Crippen LogP contribution in [0, 0.1) is 0 Å². The van der Waals surface area contributed by atoms with E-state index in [-0.39, 0.29) is 5.37 Å². The Morgan fingerprint density at radius 1 is 0.762 bits per heavy atom. The molecule has 0 rings (SSSR count). The fraction of sp³-hybridized carbons (Fsp3) is 1.00. The molecule has 0 fully saturated rings. The molecular formula is C14H31NO5S. The summed E-state index contributed by atoms with van der Waals surface area (Å²) in [5.74, 6) is 0. The van der Waals surface area contributed by atoms with Crippen molar-refractivity contribution in [2.24, 2.45) is 0 Å². The van der Waals surface area contributed by atoms with Crippen molar-refractivity contribution in [1.82, 2.24) is 5.32 Å². The van der Waals surface area contributed by atoms with Gasteiger partial charge in [-0.1, -0.05) is 6.92 Å². The lowest BCUT2D eigenvalue weighted by Crippen LogP contribution is -2.27. The number of hydrogen-bond donors (Lipinski definition) is 2. The third kappa shape index (κ3) is 18.1. The van der Waals surface area contributed by atoms with Crippen LogP contribution in [-0.4, -0.2) is 78.5 Å². The zero-order valence-electron chi connectivity index (χ0n) is 13.3. The lowest BCUT2D eigenvalue weighted by Gasteiger charge is -2.10. The third-order valence-corrected chi connectivity index (χ3v) is 3.11. The van der Waals surface area contributed by atoms with E-state index in [1.165, 1.54) is 0 Å². The molecule has 7 heteroatoms. The predicted molar refractivity (Wildman–Crippen MR) is 86.2 cm³/mol. The van der Waals surface area contributed by atoms with E-state index in [9.17, 15) is 0 Å². The van der Waals surface area contributed by atoms with E-state index in [0.717, 1.165) is 13.0 Å². The van der Waals surface area contributed by atoms with E-state index in [2.05, 4.69) is 24.9 Å². The minimum atomic E-state index is 0.250. The van der Waals surface area contributed by atoms with Gasteiger partial charge in [0.1, 0.15) is 0 Å². The van der Waals surface area contributed by atoms with Crippen molar-refractivity contribution >= 4 is 12.6 Å². The summed E-state index contributed by atoms with van der Waals surface area (Å²) in [5.41, 5.74) is 0. The van der Waals surface area contributed by atoms with Gasteiger partial charge in [-0.15, -0.1) is 0 Å². The Labute approximate surface area is 134 Å². The van der Waals surface area contributed by atoms with Crippen molar-refractivity contribution in [2.45, 2.75) is 18.7 Å². The third-order valence-electron chi connectivity index (χ3n) is 2.56. The predicted octanol–water partition coefficient (Wildman–Crippen LogP) is 0.955. The number of rotatable bonds is 17. The molecule has 0 heterocycles. The summed E-state index contributed by atoms with van der Waals surface area (Å²) >= 11 is 4.33. The average molecular weight is 325 g/mol. The van der Waals surface area contributed by atoms with Crippen LogP contribution in [0.3, 0.4) is 0 Å². The second-order valence-electron chi connectivity index (χ2n) is 4.32. The van der Waals surface area contributed by atoms with Crippen LogP contribution in [0.5, 0.6) is 0 Å². The van der Waals surface area contributed by atoms with Crippen LogP contribution in [0.4, 0.5) is 0 Å². The topological polar surface area (TPSA) is 58.2 Å². The quantitative estimate of drug-likeness (QED) is 0.236. The highest BCUT2D eigenvalue weighted by Gasteiger charge is 1.97. The molecule has 0 aliphatic rings. The molecule has 1 N–H and O–H groups in total. The average Bonchev–Trinajstić information content (AvgIpc) is 2.50. The molecule has 0 radical (unpaired) electrons. The maximum atomic E-state index is 5.42. The molecule has 0 aromatic carbocycles. The monoisotopic (exact) mass is 325 g/mol. The Balaban J connectivity index is 2.96. The molecule has 0 aliphatic carbocycles. The number of thiol groups is 1. The molecule has 0 aromatic rings. The summed E-state index contributed by atoms with van der Waals surface area (Å²) in [6.45, 7) is 8.32. The largest absolute Gasteiger partial charge is 0.382 e. The molecule has 128 valence electrons. The fourth-order valence-corrected chi connectivity index (χ4v) is 1.48. The number of methoxy groups -OCH3 is 1. The van der Waals surface area contributed by atoms with Crippen LogP contribution in [0.25, 0.3) is 0 Å². The van der Waals surface area contributed by atoms with Gasteiger partial charge in [0.25, 0.3) is 0 Å². The minimum absolute atomic E-state index is 0.250. The first-order valence-corrected chi connectivity index (χ1v) is 8.04. The summed E-state index contributed by atoms with van der Waals surface area (Å²) < 4.78 is 26.3.